The number of rotatable bonds is 5. The molecule has 1 heterocycles. The summed E-state index contributed by atoms with van der Waals surface area (Å²) in [6.07, 6.45) is 0.671. The van der Waals surface area contributed by atoms with Crippen molar-refractivity contribution in [1.82, 2.24) is 4.90 Å². The lowest BCUT2D eigenvalue weighted by atomic mass is 10.1. The third kappa shape index (κ3) is 3.19. The Morgan fingerprint density at radius 3 is 2.71 bits per heavy atom. The summed E-state index contributed by atoms with van der Waals surface area (Å²) in [7, 11) is 0. The molecule has 2 aromatic rings. The van der Waals surface area contributed by atoms with Gasteiger partial charge < -0.3 is 14.4 Å². The number of furan rings is 1. The molecule has 0 aliphatic heterocycles. The molecule has 6 heteroatoms. The summed E-state index contributed by atoms with van der Waals surface area (Å²) in [6, 6.07) is 5.11. The van der Waals surface area contributed by atoms with E-state index in [0.29, 0.717) is 29.1 Å². The van der Waals surface area contributed by atoms with E-state index in [9.17, 15) is 9.59 Å². The van der Waals surface area contributed by atoms with Gasteiger partial charge in [0.1, 0.15) is 12.1 Å². The number of carboxylic acid groups (broad SMARTS) is 1. The predicted octanol–water partition coefficient (Wildman–Crippen LogP) is 3.33. The van der Waals surface area contributed by atoms with E-state index in [1.807, 2.05) is 6.92 Å². The van der Waals surface area contributed by atoms with E-state index in [0.717, 1.165) is 5.39 Å². The smallest absolute Gasteiger partial charge is 0.323 e. The van der Waals surface area contributed by atoms with Gasteiger partial charge in [-0.05, 0) is 31.5 Å². The van der Waals surface area contributed by atoms with Crippen LogP contribution in [0.1, 0.15) is 29.5 Å². The van der Waals surface area contributed by atoms with Crippen molar-refractivity contribution in [2.24, 2.45) is 0 Å². The van der Waals surface area contributed by atoms with Crippen LogP contribution >= 0.6 is 11.6 Å². The van der Waals surface area contributed by atoms with Crippen LogP contribution in [-0.2, 0) is 4.79 Å². The van der Waals surface area contributed by atoms with Crippen LogP contribution in [-0.4, -0.2) is 35.0 Å². The van der Waals surface area contributed by atoms with Crippen LogP contribution < -0.4 is 0 Å². The fourth-order valence-corrected chi connectivity index (χ4v) is 2.40. The Morgan fingerprint density at radius 2 is 2.10 bits per heavy atom. The van der Waals surface area contributed by atoms with Crippen LogP contribution in [0.3, 0.4) is 0 Å². The van der Waals surface area contributed by atoms with Crippen molar-refractivity contribution < 1.29 is 19.1 Å². The van der Waals surface area contributed by atoms with Gasteiger partial charge in [0.15, 0.2) is 5.76 Å². The van der Waals surface area contributed by atoms with Gasteiger partial charge >= 0.3 is 5.97 Å². The number of carboxylic acids is 1. The second-order valence-corrected chi connectivity index (χ2v) is 5.25. The Labute approximate surface area is 127 Å². The van der Waals surface area contributed by atoms with Crippen molar-refractivity contribution in [2.75, 3.05) is 13.1 Å². The maximum absolute atomic E-state index is 12.5. The van der Waals surface area contributed by atoms with Crippen LogP contribution in [0.15, 0.2) is 22.6 Å². The normalized spacial score (nSPS) is 10.8. The summed E-state index contributed by atoms with van der Waals surface area (Å²) in [5.74, 6) is -1.29. The third-order valence-corrected chi connectivity index (χ3v) is 3.43. The first-order chi connectivity index (χ1) is 9.93. The molecule has 1 amide bonds. The molecule has 1 aromatic heterocycles. The van der Waals surface area contributed by atoms with E-state index in [-0.39, 0.29) is 12.3 Å². The molecule has 0 radical (unpaired) electrons. The van der Waals surface area contributed by atoms with E-state index >= 15 is 0 Å². The zero-order valence-corrected chi connectivity index (χ0v) is 12.6. The van der Waals surface area contributed by atoms with Gasteiger partial charge in [0.25, 0.3) is 5.91 Å². The second kappa shape index (κ2) is 6.18. The highest BCUT2D eigenvalue weighted by Crippen LogP contribution is 2.28. The first-order valence-electron chi connectivity index (χ1n) is 6.63. The number of aryl methyl sites for hydroxylation is 1. The highest BCUT2D eigenvalue weighted by atomic mass is 35.5. The lowest BCUT2D eigenvalue weighted by Crippen LogP contribution is -2.36. The van der Waals surface area contributed by atoms with E-state index < -0.39 is 11.9 Å². The average Bonchev–Trinajstić information content (AvgIpc) is 2.74. The van der Waals surface area contributed by atoms with Crippen molar-refractivity contribution in [3.05, 3.63) is 34.5 Å². The second-order valence-electron chi connectivity index (χ2n) is 4.82. The standard InChI is InChI=1S/C15H16ClNO4/c1-3-6-17(8-13(18)19)15(20)14-9(2)11-7-10(16)4-5-12(11)21-14/h4-5,7H,3,6,8H2,1-2H3,(H,18,19). The van der Waals surface area contributed by atoms with Crippen molar-refractivity contribution >= 4 is 34.4 Å². The topological polar surface area (TPSA) is 70.8 Å². The minimum absolute atomic E-state index is 0.168. The molecule has 0 aliphatic carbocycles. The lowest BCUT2D eigenvalue weighted by molar-refractivity contribution is -0.137. The van der Waals surface area contributed by atoms with Gasteiger partial charge in [0, 0.05) is 22.5 Å². The number of benzene rings is 1. The van der Waals surface area contributed by atoms with Gasteiger partial charge in [0.2, 0.25) is 0 Å². The first kappa shape index (κ1) is 15.4. The number of hydrogen-bond donors (Lipinski definition) is 1. The fraction of sp³-hybridized carbons (Fsp3) is 0.333. The van der Waals surface area contributed by atoms with Gasteiger partial charge in [0.05, 0.1) is 0 Å². The van der Waals surface area contributed by atoms with Crippen LogP contribution in [0.5, 0.6) is 0 Å². The number of hydrogen-bond acceptors (Lipinski definition) is 3. The molecular weight excluding hydrogens is 294 g/mol. The minimum Gasteiger partial charge on any atom is -0.480 e. The quantitative estimate of drug-likeness (QED) is 0.919. The fourth-order valence-electron chi connectivity index (χ4n) is 2.23. The molecule has 21 heavy (non-hydrogen) atoms. The zero-order valence-electron chi connectivity index (χ0n) is 11.9. The largest absolute Gasteiger partial charge is 0.480 e. The number of aliphatic carboxylic acids is 1. The Balaban J connectivity index is 2.41. The average molecular weight is 310 g/mol. The van der Waals surface area contributed by atoms with Gasteiger partial charge in [-0.2, -0.15) is 0 Å². The van der Waals surface area contributed by atoms with Crippen LogP contribution in [0.25, 0.3) is 11.0 Å². The molecule has 0 unspecified atom stereocenters. The first-order valence-corrected chi connectivity index (χ1v) is 7.01. The van der Waals surface area contributed by atoms with Crippen LogP contribution in [0, 0.1) is 6.92 Å². The third-order valence-electron chi connectivity index (χ3n) is 3.20. The monoisotopic (exact) mass is 309 g/mol. The Hall–Kier alpha value is -2.01. The summed E-state index contributed by atoms with van der Waals surface area (Å²) in [4.78, 5) is 24.6. The lowest BCUT2D eigenvalue weighted by Gasteiger charge is -2.18. The number of carbonyl (C=O) groups is 2. The maximum atomic E-state index is 12.5. The van der Waals surface area contributed by atoms with E-state index in [1.54, 1.807) is 25.1 Å². The van der Waals surface area contributed by atoms with Crippen LogP contribution in [0.4, 0.5) is 0 Å². The molecule has 0 fully saturated rings. The number of carbonyl (C=O) groups excluding carboxylic acids is 1. The molecular formula is C15H16ClNO4. The molecule has 0 saturated heterocycles. The summed E-state index contributed by atoms with van der Waals surface area (Å²) in [5, 5.41) is 10.2. The van der Waals surface area contributed by atoms with Crippen molar-refractivity contribution in [1.29, 1.82) is 0 Å². The summed E-state index contributed by atoms with van der Waals surface area (Å²) >= 11 is 5.95. The van der Waals surface area contributed by atoms with Gasteiger partial charge in [-0.1, -0.05) is 18.5 Å². The number of halogens is 1. The number of amides is 1. The van der Waals surface area contributed by atoms with Crippen LogP contribution in [0.2, 0.25) is 5.02 Å². The highest BCUT2D eigenvalue weighted by Gasteiger charge is 2.24. The molecule has 2 rings (SSSR count). The van der Waals surface area contributed by atoms with Gasteiger partial charge in [-0.3, -0.25) is 9.59 Å². The number of nitrogens with zero attached hydrogens (tertiary/aromatic N) is 1. The summed E-state index contributed by atoms with van der Waals surface area (Å²) in [5.41, 5.74) is 1.23. The summed E-state index contributed by atoms with van der Waals surface area (Å²) < 4.78 is 5.58. The molecule has 0 aliphatic rings. The van der Waals surface area contributed by atoms with Crippen molar-refractivity contribution in [2.45, 2.75) is 20.3 Å². The Morgan fingerprint density at radius 1 is 1.38 bits per heavy atom. The molecule has 0 atom stereocenters. The molecule has 0 saturated carbocycles. The molecule has 0 spiro atoms. The predicted molar refractivity (Wildman–Crippen MR) is 79.8 cm³/mol. The van der Waals surface area contributed by atoms with E-state index in [1.165, 1.54) is 4.90 Å². The minimum atomic E-state index is -1.05. The summed E-state index contributed by atoms with van der Waals surface area (Å²) in [6.45, 7) is 3.67. The Bertz CT molecular complexity index is 692. The number of fused-ring (bicyclic) bond motifs is 1. The maximum Gasteiger partial charge on any atom is 0.323 e. The van der Waals surface area contributed by atoms with E-state index in [2.05, 4.69) is 0 Å². The molecule has 1 aromatic carbocycles. The van der Waals surface area contributed by atoms with Gasteiger partial charge in [-0.25, -0.2) is 0 Å². The molecule has 5 nitrogen and oxygen atoms in total. The van der Waals surface area contributed by atoms with Gasteiger partial charge in [-0.15, -0.1) is 0 Å². The zero-order chi connectivity index (χ0) is 15.6. The Kier molecular flexibility index (Phi) is 4.53. The van der Waals surface area contributed by atoms with E-state index in [4.69, 9.17) is 21.1 Å². The molecule has 112 valence electrons. The molecule has 1 N–H and O–H groups in total. The highest BCUT2D eigenvalue weighted by molar-refractivity contribution is 6.31. The van der Waals surface area contributed by atoms with Crippen molar-refractivity contribution in [3.63, 3.8) is 0 Å². The SMILES string of the molecule is CCCN(CC(=O)O)C(=O)c1oc2ccc(Cl)cc2c1C. The molecule has 0 bridgehead atoms. The van der Waals surface area contributed by atoms with Crippen molar-refractivity contribution in [3.8, 4) is 0 Å².